The maximum Gasteiger partial charge on any atom is 0.260 e. The van der Waals surface area contributed by atoms with E-state index < -0.39 is 12.0 Å². The highest BCUT2D eigenvalue weighted by Gasteiger charge is 2.36. The molecule has 3 heteroatoms. The molecular weight excluding hydrogens is 244 g/mol. The number of alkyl halides is 2. The summed E-state index contributed by atoms with van der Waals surface area (Å²) in [5, 5.41) is 5.04. The van der Waals surface area contributed by atoms with E-state index in [4.69, 9.17) is 0 Å². The molecule has 0 bridgehead atoms. The molecule has 0 amide bonds. The van der Waals surface area contributed by atoms with Crippen LogP contribution in [0.1, 0.15) is 25.8 Å². The van der Waals surface area contributed by atoms with Crippen LogP contribution in [0.2, 0.25) is 0 Å². The summed E-state index contributed by atoms with van der Waals surface area (Å²) in [6.07, 6.45) is -1.61. The standard InChI is InChI=1S/C16H19F2N/c1-3-10-19-16(2,15(17)18)14-9-8-12-6-4-5-7-13(12)11-14/h4-9,11,15,19H,3,10H2,1-2H3. The van der Waals surface area contributed by atoms with Crippen molar-refractivity contribution in [1.82, 2.24) is 5.32 Å². The third-order valence-electron chi connectivity index (χ3n) is 3.53. The second kappa shape index (κ2) is 5.66. The smallest absolute Gasteiger partial charge is 0.260 e. The molecule has 0 fully saturated rings. The van der Waals surface area contributed by atoms with Crippen LogP contribution in [0.25, 0.3) is 10.8 Å². The Hall–Kier alpha value is -1.48. The van der Waals surface area contributed by atoms with Gasteiger partial charge in [-0.25, -0.2) is 8.78 Å². The second-order valence-electron chi connectivity index (χ2n) is 4.99. The molecule has 0 aliphatic carbocycles. The van der Waals surface area contributed by atoms with Crippen molar-refractivity contribution in [2.45, 2.75) is 32.2 Å². The van der Waals surface area contributed by atoms with Crippen molar-refractivity contribution < 1.29 is 8.78 Å². The molecule has 1 nitrogen and oxygen atoms in total. The molecule has 0 radical (unpaired) electrons. The van der Waals surface area contributed by atoms with E-state index in [1.165, 1.54) is 0 Å². The fraction of sp³-hybridized carbons (Fsp3) is 0.375. The number of nitrogens with one attached hydrogen (secondary N) is 1. The largest absolute Gasteiger partial charge is 0.303 e. The van der Waals surface area contributed by atoms with Gasteiger partial charge in [0.1, 0.15) is 5.54 Å². The van der Waals surface area contributed by atoms with Crippen molar-refractivity contribution in [3.8, 4) is 0 Å². The molecule has 1 unspecified atom stereocenters. The van der Waals surface area contributed by atoms with Crippen LogP contribution in [0.5, 0.6) is 0 Å². The Morgan fingerprint density at radius 1 is 1.11 bits per heavy atom. The highest BCUT2D eigenvalue weighted by molar-refractivity contribution is 5.83. The average Bonchev–Trinajstić information content (AvgIpc) is 2.44. The zero-order valence-electron chi connectivity index (χ0n) is 11.3. The van der Waals surface area contributed by atoms with E-state index in [1.54, 1.807) is 13.0 Å². The first-order valence-corrected chi connectivity index (χ1v) is 6.60. The van der Waals surface area contributed by atoms with Gasteiger partial charge in [-0.2, -0.15) is 0 Å². The first-order valence-electron chi connectivity index (χ1n) is 6.60. The van der Waals surface area contributed by atoms with E-state index in [2.05, 4.69) is 5.32 Å². The van der Waals surface area contributed by atoms with Crippen LogP contribution in [-0.2, 0) is 5.54 Å². The van der Waals surface area contributed by atoms with Crippen LogP contribution in [-0.4, -0.2) is 13.0 Å². The average molecular weight is 263 g/mol. The molecule has 2 aromatic rings. The van der Waals surface area contributed by atoms with Crippen molar-refractivity contribution in [3.05, 3.63) is 48.0 Å². The summed E-state index contributed by atoms with van der Waals surface area (Å²) in [7, 11) is 0. The van der Waals surface area contributed by atoms with E-state index >= 15 is 0 Å². The SMILES string of the molecule is CCCNC(C)(c1ccc2ccccc2c1)C(F)F. The van der Waals surface area contributed by atoms with Gasteiger partial charge in [-0.1, -0.05) is 43.3 Å². The first-order chi connectivity index (χ1) is 9.08. The number of hydrogen-bond donors (Lipinski definition) is 1. The summed E-state index contributed by atoms with van der Waals surface area (Å²) in [5.74, 6) is 0. The molecule has 1 N–H and O–H groups in total. The molecule has 19 heavy (non-hydrogen) atoms. The molecule has 2 rings (SSSR count). The van der Waals surface area contributed by atoms with Crippen molar-refractivity contribution >= 4 is 10.8 Å². The molecule has 0 spiro atoms. The molecule has 0 saturated heterocycles. The Labute approximate surface area is 112 Å². The minimum absolute atomic E-state index is 0.577. The quantitative estimate of drug-likeness (QED) is 0.847. The Kier molecular flexibility index (Phi) is 4.15. The first kappa shape index (κ1) is 13.9. The predicted octanol–water partition coefficient (Wildman–Crippen LogP) is 4.32. The van der Waals surface area contributed by atoms with E-state index in [-0.39, 0.29) is 0 Å². The Morgan fingerprint density at radius 3 is 2.42 bits per heavy atom. The van der Waals surface area contributed by atoms with Crippen molar-refractivity contribution in [2.24, 2.45) is 0 Å². The van der Waals surface area contributed by atoms with Crippen LogP contribution in [0.3, 0.4) is 0 Å². The van der Waals surface area contributed by atoms with Crippen LogP contribution in [0, 0.1) is 0 Å². The van der Waals surface area contributed by atoms with E-state index in [9.17, 15) is 8.78 Å². The third-order valence-corrected chi connectivity index (χ3v) is 3.53. The van der Waals surface area contributed by atoms with Gasteiger partial charge in [0, 0.05) is 0 Å². The summed E-state index contributed by atoms with van der Waals surface area (Å²) in [5.41, 5.74) is -0.658. The van der Waals surface area contributed by atoms with Crippen LogP contribution in [0.15, 0.2) is 42.5 Å². The van der Waals surface area contributed by atoms with E-state index in [0.29, 0.717) is 12.1 Å². The normalized spacial score (nSPS) is 14.8. The van der Waals surface area contributed by atoms with Gasteiger partial charge in [0.15, 0.2) is 0 Å². The maximum absolute atomic E-state index is 13.4. The summed E-state index contributed by atoms with van der Waals surface area (Å²) in [4.78, 5) is 0. The van der Waals surface area contributed by atoms with E-state index in [1.807, 2.05) is 43.3 Å². The van der Waals surface area contributed by atoms with Gasteiger partial charge in [-0.3, -0.25) is 0 Å². The van der Waals surface area contributed by atoms with Gasteiger partial charge in [0.2, 0.25) is 0 Å². The molecular formula is C16H19F2N. The van der Waals surface area contributed by atoms with Gasteiger partial charge >= 0.3 is 0 Å². The lowest BCUT2D eigenvalue weighted by Crippen LogP contribution is -2.46. The summed E-state index contributed by atoms with van der Waals surface area (Å²) >= 11 is 0. The highest BCUT2D eigenvalue weighted by Crippen LogP contribution is 2.30. The topological polar surface area (TPSA) is 12.0 Å². The number of halogens is 2. The van der Waals surface area contributed by atoms with Gasteiger partial charge in [0.25, 0.3) is 6.43 Å². The van der Waals surface area contributed by atoms with Crippen LogP contribution < -0.4 is 5.32 Å². The summed E-state index contributed by atoms with van der Waals surface area (Å²) in [6, 6.07) is 13.3. The number of benzene rings is 2. The van der Waals surface area contributed by atoms with Gasteiger partial charge in [0.05, 0.1) is 0 Å². The fourth-order valence-electron chi connectivity index (χ4n) is 2.20. The minimum Gasteiger partial charge on any atom is -0.303 e. The lowest BCUT2D eigenvalue weighted by molar-refractivity contribution is 0.0386. The maximum atomic E-state index is 13.4. The number of fused-ring (bicyclic) bond motifs is 1. The predicted molar refractivity (Wildman–Crippen MR) is 75.6 cm³/mol. The number of hydrogen-bond acceptors (Lipinski definition) is 1. The molecule has 0 heterocycles. The van der Waals surface area contributed by atoms with Crippen molar-refractivity contribution in [3.63, 3.8) is 0 Å². The van der Waals surface area contributed by atoms with Gasteiger partial charge in [-0.05, 0) is 42.3 Å². The molecule has 0 aromatic heterocycles. The zero-order chi connectivity index (χ0) is 13.9. The Balaban J connectivity index is 2.44. The Morgan fingerprint density at radius 2 is 1.79 bits per heavy atom. The van der Waals surface area contributed by atoms with Gasteiger partial charge < -0.3 is 5.32 Å². The van der Waals surface area contributed by atoms with Crippen molar-refractivity contribution in [2.75, 3.05) is 6.54 Å². The molecule has 0 saturated carbocycles. The molecule has 0 aliphatic heterocycles. The highest BCUT2D eigenvalue weighted by atomic mass is 19.3. The molecule has 2 aromatic carbocycles. The summed E-state index contributed by atoms with van der Waals surface area (Å²) < 4.78 is 26.9. The second-order valence-corrected chi connectivity index (χ2v) is 4.99. The molecule has 1 atom stereocenters. The molecule has 102 valence electrons. The van der Waals surface area contributed by atoms with Crippen LogP contribution >= 0.6 is 0 Å². The van der Waals surface area contributed by atoms with Crippen molar-refractivity contribution in [1.29, 1.82) is 0 Å². The fourth-order valence-corrected chi connectivity index (χ4v) is 2.20. The van der Waals surface area contributed by atoms with Crippen LogP contribution in [0.4, 0.5) is 8.78 Å². The zero-order valence-corrected chi connectivity index (χ0v) is 11.3. The third kappa shape index (κ3) is 2.76. The Bertz CT molecular complexity index is 553. The van der Waals surface area contributed by atoms with E-state index in [0.717, 1.165) is 17.2 Å². The lowest BCUT2D eigenvalue weighted by atomic mass is 9.90. The molecule has 0 aliphatic rings. The van der Waals surface area contributed by atoms with Gasteiger partial charge in [-0.15, -0.1) is 0 Å². The summed E-state index contributed by atoms with van der Waals surface area (Å²) in [6.45, 7) is 4.12. The monoisotopic (exact) mass is 263 g/mol. The lowest BCUT2D eigenvalue weighted by Gasteiger charge is -2.31. The number of rotatable bonds is 5. The minimum atomic E-state index is -2.44.